The maximum absolute atomic E-state index is 12.6. The molecule has 0 aliphatic carbocycles. The van der Waals surface area contributed by atoms with Gasteiger partial charge in [0.2, 0.25) is 0 Å². The SMILES string of the molecule is OC(CNc1cc(Cl)cc(C(F)(F)F)c1)c1cccs1. The molecule has 1 atom stereocenters. The van der Waals surface area contributed by atoms with Crippen molar-refractivity contribution in [2.24, 2.45) is 0 Å². The Labute approximate surface area is 122 Å². The smallest absolute Gasteiger partial charge is 0.386 e. The Morgan fingerprint density at radius 2 is 2.05 bits per heavy atom. The molecule has 7 heteroatoms. The fourth-order valence-electron chi connectivity index (χ4n) is 1.65. The first-order valence-corrected chi connectivity index (χ1v) is 6.95. The van der Waals surface area contributed by atoms with Crippen LogP contribution in [0, 0.1) is 0 Å². The highest BCUT2D eigenvalue weighted by atomic mass is 35.5. The molecule has 108 valence electrons. The van der Waals surface area contributed by atoms with Crippen LogP contribution >= 0.6 is 22.9 Å². The summed E-state index contributed by atoms with van der Waals surface area (Å²) >= 11 is 7.05. The molecule has 2 N–H and O–H groups in total. The number of benzene rings is 1. The minimum atomic E-state index is -4.45. The zero-order valence-corrected chi connectivity index (χ0v) is 11.7. The van der Waals surface area contributed by atoms with Gasteiger partial charge < -0.3 is 10.4 Å². The van der Waals surface area contributed by atoms with Crippen molar-refractivity contribution in [1.82, 2.24) is 0 Å². The number of thiophene rings is 1. The molecular formula is C13H11ClF3NOS. The van der Waals surface area contributed by atoms with E-state index in [-0.39, 0.29) is 17.3 Å². The summed E-state index contributed by atoms with van der Waals surface area (Å²) in [5.41, 5.74) is -0.599. The molecular weight excluding hydrogens is 311 g/mol. The third kappa shape index (κ3) is 3.88. The van der Waals surface area contributed by atoms with Crippen LogP contribution in [0.2, 0.25) is 5.02 Å². The minimum absolute atomic E-state index is 0.00654. The first-order chi connectivity index (χ1) is 9.36. The van der Waals surface area contributed by atoms with Gasteiger partial charge in [-0.25, -0.2) is 0 Å². The summed E-state index contributed by atoms with van der Waals surface area (Å²) in [6, 6.07) is 6.77. The van der Waals surface area contributed by atoms with E-state index in [1.54, 1.807) is 12.1 Å². The predicted octanol–water partition coefficient (Wildman–Crippen LogP) is 4.57. The number of rotatable bonds is 4. The summed E-state index contributed by atoms with van der Waals surface area (Å²) < 4.78 is 37.9. The normalized spacial score (nSPS) is 13.2. The van der Waals surface area contributed by atoms with Crippen molar-refractivity contribution in [3.05, 3.63) is 51.2 Å². The fraction of sp³-hybridized carbons (Fsp3) is 0.231. The van der Waals surface area contributed by atoms with Crippen LogP contribution in [0.3, 0.4) is 0 Å². The molecule has 1 unspecified atom stereocenters. The van der Waals surface area contributed by atoms with Gasteiger partial charge in [0.05, 0.1) is 5.56 Å². The van der Waals surface area contributed by atoms with Crippen LogP contribution < -0.4 is 5.32 Å². The number of aliphatic hydroxyl groups excluding tert-OH is 1. The van der Waals surface area contributed by atoms with E-state index in [0.29, 0.717) is 0 Å². The summed E-state index contributed by atoms with van der Waals surface area (Å²) in [7, 11) is 0. The van der Waals surface area contributed by atoms with E-state index in [2.05, 4.69) is 5.32 Å². The maximum atomic E-state index is 12.6. The summed E-state index contributed by atoms with van der Waals surface area (Å²) in [5, 5.41) is 14.4. The van der Waals surface area contributed by atoms with Gasteiger partial charge in [0, 0.05) is 22.1 Å². The van der Waals surface area contributed by atoms with Gasteiger partial charge in [-0.15, -0.1) is 11.3 Å². The predicted molar refractivity (Wildman–Crippen MR) is 74.2 cm³/mol. The van der Waals surface area contributed by atoms with Gasteiger partial charge in [-0.1, -0.05) is 17.7 Å². The minimum Gasteiger partial charge on any atom is -0.386 e. The van der Waals surface area contributed by atoms with Crippen molar-refractivity contribution in [3.8, 4) is 0 Å². The number of hydrogen-bond donors (Lipinski definition) is 2. The Balaban J connectivity index is 2.08. The molecule has 20 heavy (non-hydrogen) atoms. The van der Waals surface area contributed by atoms with E-state index in [1.807, 2.05) is 5.38 Å². The van der Waals surface area contributed by atoms with Crippen molar-refractivity contribution in [1.29, 1.82) is 0 Å². The largest absolute Gasteiger partial charge is 0.416 e. The van der Waals surface area contributed by atoms with Crippen LogP contribution in [0.25, 0.3) is 0 Å². The van der Waals surface area contributed by atoms with Crippen LogP contribution in [-0.4, -0.2) is 11.7 Å². The number of alkyl halides is 3. The number of halogens is 4. The molecule has 1 aromatic heterocycles. The zero-order chi connectivity index (χ0) is 14.8. The van der Waals surface area contributed by atoms with Gasteiger partial charge in [0.15, 0.2) is 0 Å². The lowest BCUT2D eigenvalue weighted by Crippen LogP contribution is -2.12. The highest BCUT2D eigenvalue weighted by Crippen LogP contribution is 2.33. The molecule has 0 saturated heterocycles. The molecule has 1 heterocycles. The molecule has 0 bridgehead atoms. The Morgan fingerprint density at radius 3 is 2.65 bits per heavy atom. The Kier molecular flexibility index (Phi) is 4.57. The summed E-state index contributed by atoms with van der Waals surface area (Å²) in [5.74, 6) is 0. The number of nitrogens with one attached hydrogen (secondary N) is 1. The van der Waals surface area contributed by atoms with Gasteiger partial charge in [-0.05, 0) is 29.6 Å². The molecule has 0 fully saturated rings. The molecule has 0 spiro atoms. The van der Waals surface area contributed by atoms with Crippen LogP contribution in [0.5, 0.6) is 0 Å². The van der Waals surface area contributed by atoms with E-state index in [0.717, 1.165) is 17.0 Å². The third-order valence-electron chi connectivity index (χ3n) is 2.60. The zero-order valence-electron chi connectivity index (χ0n) is 10.1. The van der Waals surface area contributed by atoms with Crippen LogP contribution in [0.4, 0.5) is 18.9 Å². The van der Waals surface area contributed by atoms with Gasteiger partial charge >= 0.3 is 6.18 Å². The number of hydrogen-bond acceptors (Lipinski definition) is 3. The lowest BCUT2D eigenvalue weighted by Gasteiger charge is -2.14. The van der Waals surface area contributed by atoms with Gasteiger partial charge in [0.1, 0.15) is 6.10 Å². The van der Waals surface area contributed by atoms with Gasteiger partial charge in [-0.3, -0.25) is 0 Å². The van der Waals surface area contributed by atoms with Gasteiger partial charge in [-0.2, -0.15) is 13.2 Å². The van der Waals surface area contributed by atoms with Crippen molar-refractivity contribution in [3.63, 3.8) is 0 Å². The van der Waals surface area contributed by atoms with E-state index < -0.39 is 17.8 Å². The fourth-order valence-corrected chi connectivity index (χ4v) is 2.60. The molecule has 2 aromatic rings. The second kappa shape index (κ2) is 6.03. The van der Waals surface area contributed by atoms with E-state index >= 15 is 0 Å². The molecule has 1 aromatic carbocycles. The number of aliphatic hydroxyl groups is 1. The Bertz CT molecular complexity index is 571. The third-order valence-corrected chi connectivity index (χ3v) is 3.79. The van der Waals surface area contributed by atoms with Crippen molar-refractivity contribution in [2.45, 2.75) is 12.3 Å². The summed E-state index contributed by atoms with van der Waals surface area (Å²) in [6.07, 6.45) is -5.23. The van der Waals surface area contributed by atoms with Crippen LogP contribution in [0.1, 0.15) is 16.5 Å². The summed E-state index contributed by atoms with van der Waals surface area (Å²) in [4.78, 5) is 0.746. The molecule has 2 nitrogen and oxygen atoms in total. The lowest BCUT2D eigenvalue weighted by molar-refractivity contribution is -0.137. The topological polar surface area (TPSA) is 32.3 Å². The molecule has 0 amide bonds. The molecule has 0 aliphatic rings. The van der Waals surface area contributed by atoms with E-state index in [9.17, 15) is 18.3 Å². The standard InChI is InChI=1S/C13H11ClF3NOS/c14-9-4-8(13(15,16)17)5-10(6-9)18-7-11(19)12-2-1-3-20-12/h1-6,11,18-19H,7H2. The summed E-state index contributed by atoms with van der Waals surface area (Å²) in [6.45, 7) is 0.109. The van der Waals surface area contributed by atoms with Crippen molar-refractivity contribution in [2.75, 3.05) is 11.9 Å². The van der Waals surface area contributed by atoms with Crippen molar-refractivity contribution >= 4 is 28.6 Å². The van der Waals surface area contributed by atoms with Gasteiger partial charge in [0.25, 0.3) is 0 Å². The monoisotopic (exact) mass is 321 g/mol. The highest BCUT2D eigenvalue weighted by molar-refractivity contribution is 7.10. The van der Waals surface area contributed by atoms with E-state index in [4.69, 9.17) is 11.6 Å². The highest BCUT2D eigenvalue weighted by Gasteiger charge is 2.31. The van der Waals surface area contributed by atoms with Crippen LogP contribution in [-0.2, 0) is 6.18 Å². The first kappa shape index (κ1) is 15.2. The Morgan fingerprint density at radius 1 is 1.30 bits per heavy atom. The lowest BCUT2D eigenvalue weighted by atomic mass is 10.2. The quantitative estimate of drug-likeness (QED) is 0.865. The number of anilines is 1. The second-order valence-corrected chi connectivity index (χ2v) is 5.55. The molecule has 2 rings (SSSR count). The second-order valence-electron chi connectivity index (χ2n) is 4.14. The average molecular weight is 322 g/mol. The Hall–Kier alpha value is -1.24. The molecule has 0 aliphatic heterocycles. The first-order valence-electron chi connectivity index (χ1n) is 5.69. The molecule has 0 saturated carbocycles. The maximum Gasteiger partial charge on any atom is 0.416 e. The molecule has 0 radical (unpaired) electrons. The van der Waals surface area contributed by atoms with Crippen LogP contribution in [0.15, 0.2) is 35.7 Å². The average Bonchev–Trinajstić information content (AvgIpc) is 2.88. The van der Waals surface area contributed by atoms with Crippen molar-refractivity contribution < 1.29 is 18.3 Å². The van der Waals surface area contributed by atoms with E-state index in [1.165, 1.54) is 17.4 Å².